The molecule has 3 aromatic rings. The minimum absolute atomic E-state index is 0.128. The van der Waals surface area contributed by atoms with E-state index in [1.165, 1.54) is 30.6 Å². The molecule has 0 aliphatic carbocycles. The SMILES string of the molecule is [2H]C([2H])([2H])n1cc(C#Cc2ccc(C(F)(F)F)cc2)c2cc(NC(=O)C=C)cnc21. The molecule has 0 atom stereocenters. The normalized spacial score (nSPS) is 13.1. The maximum absolute atomic E-state index is 12.7. The molecule has 0 aliphatic heterocycles. The van der Waals surface area contributed by atoms with Gasteiger partial charge in [0.2, 0.25) is 5.91 Å². The summed E-state index contributed by atoms with van der Waals surface area (Å²) in [6.45, 7) is 0.831. The summed E-state index contributed by atoms with van der Waals surface area (Å²) in [7, 11) is 0. The lowest BCUT2D eigenvalue weighted by Gasteiger charge is -2.05. The molecule has 0 aliphatic rings. The predicted molar refractivity (Wildman–Crippen MR) is 97.0 cm³/mol. The van der Waals surface area contributed by atoms with Gasteiger partial charge in [-0.05, 0) is 36.4 Å². The summed E-state index contributed by atoms with van der Waals surface area (Å²) in [6, 6.07) is 5.81. The molecule has 0 unspecified atom stereocenters. The predicted octanol–water partition coefficient (Wildman–Crippen LogP) is 4.12. The third-order valence-corrected chi connectivity index (χ3v) is 3.65. The van der Waals surface area contributed by atoms with Gasteiger partial charge < -0.3 is 9.88 Å². The largest absolute Gasteiger partial charge is 0.416 e. The van der Waals surface area contributed by atoms with Crippen LogP contribution in [-0.4, -0.2) is 15.5 Å². The van der Waals surface area contributed by atoms with Crippen LogP contribution in [0.5, 0.6) is 0 Å². The van der Waals surface area contributed by atoms with Crippen molar-refractivity contribution in [2.45, 2.75) is 6.18 Å². The number of aryl methyl sites for hydroxylation is 1. The van der Waals surface area contributed by atoms with Crippen molar-refractivity contribution in [2.24, 2.45) is 6.98 Å². The molecule has 0 spiro atoms. The van der Waals surface area contributed by atoms with Gasteiger partial charge in [-0.25, -0.2) is 4.98 Å². The molecule has 0 saturated carbocycles. The van der Waals surface area contributed by atoms with Crippen molar-refractivity contribution >= 4 is 22.6 Å². The van der Waals surface area contributed by atoms with E-state index in [1.54, 1.807) is 0 Å². The van der Waals surface area contributed by atoms with Gasteiger partial charge in [-0.3, -0.25) is 4.79 Å². The molecular formula is C20H14F3N3O. The minimum atomic E-state index is -4.45. The number of fused-ring (bicyclic) bond motifs is 1. The second-order valence-electron chi connectivity index (χ2n) is 5.53. The molecular weight excluding hydrogens is 355 g/mol. The highest BCUT2D eigenvalue weighted by Crippen LogP contribution is 2.29. The maximum atomic E-state index is 12.7. The molecule has 3 rings (SSSR count). The lowest BCUT2D eigenvalue weighted by molar-refractivity contribution is -0.137. The number of hydrogen-bond acceptors (Lipinski definition) is 2. The number of nitrogens with one attached hydrogen (secondary N) is 1. The van der Waals surface area contributed by atoms with Gasteiger partial charge in [-0.2, -0.15) is 13.2 Å². The fraction of sp³-hybridized carbons (Fsp3) is 0.100. The summed E-state index contributed by atoms with van der Waals surface area (Å²) < 4.78 is 62.0. The molecule has 136 valence electrons. The summed E-state index contributed by atoms with van der Waals surface area (Å²) in [5.41, 5.74) is 0.264. The van der Waals surface area contributed by atoms with Crippen LogP contribution >= 0.6 is 0 Å². The maximum Gasteiger partial charge on any atom is 0.416 e. The fourth-order valence-corrected chi connectivity index (χ4v) is 2.35. The van der Waals surface area contributed by atoms with Gasteiger partial charge in [0, 0.05) is 28.2 Å². The van der Waals surface area contributed by atoms with Crippen molar-refractivity contribution in [3.05, 3.63) is 72.1 Å². The summed E-state index contributed by atoms with van der Waals surface area (Å²) in [5, 5.41) is 2.90. The Hall–Kier alpha value is -3.53. The molecule has 0 fully saturated rings. The van der Waals surface area contributed by atoms with Gasteiger partial charge in [-0.15, -0.1) is 0 Å². The molecule has 0 saturated heterocycles. The lowest BCUT2D eigenvalue weighted by Crippen LogP contribution is -2.07. The number of nitrogens with zero attached hydrogens (tertiary/aromatic N) is 2. The van der Waals surface area contributed by atoms with E-state index < -0.39 is 24.6 Å². The summed E-state index contributed by atoms with van der Waals surface area (Å²) >= 11 is 0. The Morgan fingerprint density at radius 3 is 2.70 bits per heavy atom. The molecule has 0 bridgehead atoms. The number of carbonyl (C=O) groups is 1. The first kappa shape index (κ1) is 14.6. The van der Waals surface area contributed by atoms with Gasteiger partial charge in [-0.1, -0.05) is 18.4 Å². The molecule has 0 radical (unpaired) electrons. The number of benzene rings is 1. The molecule has 1 N–H and O–H groups in total. The Bertz CT molecular complexity index is 1180. The Balaban J connectivity index is 2.06. The number of halogens is 3. The van der Waals surface area contributed by atoms with Crippen molar-refractivity contribution in [3.8, 4) is 11.8 Å². The van der Waals surface area contributed by atoms with Crippen LogP contribution in [0.2, 0.25) is 0 Å². The van der Waals surface area contributed by atoms with Crippen LogP contribution in [0.3, 0.4) is 0 Å². The topological polar surface area (TPSA) is 46.9 Å². The van der Waals surface area contributed by atoms with E-state index in [9.17, 15) is 18.0 Å². The zero-order chi connectivity index (χ0) is 22.1. The first-order valence-corrected chi connectivity index (χ1v) is 7.63. The fourth-order valence-electron chi connectivity index (χ4n) is 2.35. The Labute approximate surface area is 157 Å². The highest BCUT2D eigenvalue weighted by molar-refractivity contribution is 6.00. The monoisotopic (exact) mass is 372 g/mol. The summed E-state index contributed by atoms with van der Waals surface area (Å²) in [4.78, 5) is 15.6. The Morgan fingerprint density at radius 2 is 2.07 bits per heavy atom. The van der Waals surface area contributed by atoms with E-state index in [4.69, 9.17) is 4.11 Å². The molecule has 2 aromatic heterocycles. The lowest BCUT2D eigenvalue weighted by atomic mass is 10.1. The number of hydrogen-bond donors (Lipinski definition) is 1. The van der Waals surface area contributed by atoms with Crippen LogP contribution in [0.4, 0.5) is 18.9 Å². The zero-order valence-electron chi connectivity index (χ0n) is 16.8. The third kappa shape index (κ3) is 4.01. The molecule has 27 heavy (non-hydrogen) atoms. The van der Waals surface area contributed by atoms with E-state index in [-0.39, 0.29) is 5.65 Å². The van der Waals surface area contributed by atoms with Gasteiger partial charge in [0.1, 0.15) is 5.65 Å². The van der Waals surface area contributed by atoms with Gasteiger partial charge in [0.15, 0.2) is 0 Å². The van der Waals surface area contributed by atoms with Crippen molar-refractivity contribution in [2.75, 3.05) is 5.32 Å². The van der Waals surface area contributed by atoms with Gasteiger partial charge in [0.05, 0.1) is 23.0 Å². The first-order chi connectivity index (χ1) is 14.0. The quantitative estimate of drug-likeness (QED) is 0.543. The van der Waals surface area contributed by atoms with E-state index >= 15 is 0 Å². The number of amides is 1. The van der Waals surface area contributed by atoms with E-state index in [0.29, 0.717) is 22.2 Å². The second kappa shape index (κ2) is 7.00. The third-order valence-electron chi connectivity index (χ3n) is 3.65. The Kier molecular flexibility index (Phi) is 3.79. The summed E-state index contributed by atoms with van der Waals surface area (Å²) in [5.74, 6) is 5.03. The van der Waals surface area contributed by atoms with Crippen LogP contribution in [0.1, 0.15) is 20.8 Å². The second-order valence-corrected chi connectivity index (χ2v) is 5.53. The van der Waals surface area contributed by atoms with Crippen molar-refractivity contribution in [1.29, 1.82) is 0 Å². The number of pyridine rings is 1. The van der Waals surface area contributed by atoms with Crippen LogP contribution in [0, 0.1) is 11.8 Å². The Morgan fingerprint density at radius 1 is 1.33 bits per heavy atom. The van der Waals surface area contributed by atoms with Crippen LogP contribution in [0.15, 0.2) is 55.4 Å². The summed E-state index contributed by atoms with van der Waals surface area (Å²) in [6.07, 6.45) is -0.778. The average Bonchev–Trinajstić information content (AvgIpc) is 3.04. The number of anilines is 1. The number of carbonyl (C=O) groups excluding carboxylic acids is 1. The first-order valence-electron chi connectivity index (χ1n) is 9.13. The number of rotatable bonds is 2. The molecule has 2 heterocycles. The van der Waals surface area contributed by atoms with Crippen molar-refractivity contribution < 1.29 is 22.1 Å². The van der Waals surface area contributed by atoms with Crippen LogP contribution in [-0.2, 0) is 17.9 Å². The average molecular weight is 372 g/mol. The van der Waals surface area contributed by atoms with Crippen molar-refractivity contribution in [1.82, 2.24) is 9.55 Å². The highest BCUT2D eigenvalue weighted by atomic mass is 19.4. The number of alkyl halides is 3. The van der Waals surface area contributed by atoms with E-state index in [1.807, 2.05) is 0 Å². The molecule has 4 nitrogen and oxygen atoms in total. The number of aromatic nitrogens is 2. The highest BCUT2D eigenvalue weighted by Gasteiger charge is 2.29. The molecule has 7 heteroatoms. The molecule has 1 aromatic carbocycles. The van der Waals surface area contributed by atoms with Crippen LogP contribution < -0.4 is 5.32 Å². The van der Waals surface area contributed by atoms with E-state index in [2.05, 4.69) is 28.7 Å². The molecule has 1 amide bonds. The van der Waals surface area contributed by atoms with Crippen LogP contribution in [0.25, 0.3) is 11.0 Å². The minimum Gasteiger partial charge on any atom is -0.334 e. The van der Waals surface area contributed by atoms with E-state index in [0.717, 1.165) is 22.8 Å². The van der Waals surface area contributed by atoms with Crippen molar-refractivity contribution in [3.63, 3.8) is 0 Å². The standard InChI is InChI=1S/C20H14F3N3O/c1-3-18(27)25-16-10-17-14(12-26(2)19(17)24-11-16)7-4-13-5-8-15(9-6-13)20(21,22)23/h3,5-6,8-12H,1H2,2H3,(H,25,27)/i2D3. The van der Waals surface area contributed by atoms with Gasteiger partial charge in [0.25, 0.3) is 0 Å². The zero-order valence-corrected chi connectivity index (χ0v) is 13.8. The van der Waals surface area contributed by atoms with Gasteiger partial charge >= 0.3 is 6.18 Å². The smallest absolute Gasteiger partial charge is 0.334 e.